The number of amides is 1. The molecule has 0 bridgehead atoms. The summed E-state index contributed by atoms with van der Waals surface area (Å²) in [6.07, 6.45) is -0.447. The third-order valence-corrected chi connectivity index (χ3v) is 6.70. The molecule has 0 unspecified atom stereocenters. The number of aromatic amines is 1. The number of H-pyrrole nitrogens is 1. The van der Waals surface area contributed by atoms with Crippen molar-refractivity contribution in [2.75, 3.05) is 19.8 Å². The van der Waals surface area contributed by atoms with Crippen molar-refractivity contribution in [3.05, 3.63) is 94.4 Å². The number of nitrogens with zero attached hydrogens (tertiary/aromatic N) is 1. The van der Waals surface area contributed by atoms with Crippen molar-refractivity contribution >= 4 is 28.6 Å². The fourth-order valence-electron chi connectivity index (χ4n) is 4.62. The summed E-state index contributed by atoms with van der Waals surface area (Å²) in [7, 11) is 0. The standard InChI is InChI=1S/C28H26ClFN2O5/c29-18-3-10-25-24(15-18)23-11-13-32(28(35)37-22-8-4-19(30)5-9-22)27(26(23)31-25)17-1-6-21(7-2-17)36-14-12-20(34)16-33/h1-10,15,20,27,31,33-34H,11-14,16H2/t20-,27-/m0/s1. The Morgan fingerprint density at radius 1 is 1.11 bits per heavy atom. The van der Waals surface area contributed by atoms with Gasteiger partial charge in [-0.3, -0.25) is 4.90 Å². The summed E-state index contributed by atoms with van der Waals surface area (Å²) in [6, 6.07) is 17.9. The summed E-state index contributed by atoms with van der Waals surface area (Å²) in [5.74, 6) is 0.451. The van der Waals surface area contributed by atoms with Gasteiger partial charge in [-0.05, 0) is 72.1 Å². The molecule has 1 aliphatic heterocycles. The van der Waals surface area contributed by atoms with E-state index in [4.69, 9.17) is 26.2 Å². The van der Waals surface area contributed by atoms with E-state index in [1.807, 2.05) is 30.3 Å². The van der Waals surface area contributed by atoms with Gasteiger partial charge in [0.1, 0.15) is 23.4 Å². The summed E-state index contributed by atoms with van der Waals surface area (Å²) in [6.45, 7) is 0.355. The van der Waals surface area contributed by atoms with Crippen molar-refractivity contribution in [2.45, 2.75) is 25.0 Å². The van der Waals surface area contributed by atoms with Crippen LogP contribution in [0.4, 0.5) is 9.18 Å². The van der Waals surface area contributed by atoms with Crippen LogP contribution in [0.2, 0.25) is 5.02 Å². The minimum absolute atomic E-state index is 0.257. The first-order valence-electron chi connectivity index (χ1n) is 12.0. The molecule has 1 aromatic heterocycles. The van der Waals surface area contributed by atoms with Gasteiger partial charge in [0.05, 0.1) is 19.3 Å². The van der Waals surface area contributed by atoms with Crippen molar-refractivity contribution < 1.29 is 28.9 Å². The largest absolute Gasteiger partial charge is 0.493 e. The van der Waals surface area contributed by atoms with E-state index in [0.717, 1.165) is 27.7 Å². The molecule has 4 aromatic rings. The van der Waals surface area contributed by atoms with Crippen LogP contribution >= 0.6 is 11.6 Å². The lowest BCUT2D eigenvalue weighted by atomic mass is 9.92. The number of hydrogen-bond donors (Lipinski definition) is 3. The molecular weight excluding hydrogens is 499 g/mol. The summed E-state index contributed by atoms with van der Waals surface area (Å²) in [5.41, 5.74) is 3.74. The quantitative estimate of drug-likeness (QED) is 0.308. The summed E-state index contributed by atoms with van der Waals surface area (Å²) in [4.78, 5) is 18.4. The molecule has 3 N–H and O–H groups in total. The molecule has 192 valence electrons. The average molecular weight is 525 g/mol. The van der Waals surface area contributed by atoms with Crippen LogP contribution in [-0.2, 0) is 6.42 Å². The zero-order valence-electron chi connectivity index (χ0n) is 19.9. The Morgan fingerprint density at radius 3 is 2.57 bits per heavy atom. The highest BCUT2D eigenvalue weighted by Gasteiger charge is 2.35. The third kappa shape index (κ3) is 5.41. The predicted molar refractivity (Wildman–Crippen MR) is 138 cm³/mol. The maximum Gasteiger partial charge on any atom is 0.416 e. The van der Waals surface area contributed by atoms with Crippen molar-refractivity contribution in [1.29, 1.82) is 0 Å². The number of aliphatic hydroxyl groups excluding tert-OH is 2. The number of halogens is 2. The van der Waals surface area contributed by atoms with Crippen LogP contribution in [0.25, 0.3) is 10.9 Å². The summed E-state index contributed by atoms with van der Waals surface area (Å²) < 4.78 is 24.6. The number of aromatic nitrogens is 1. The number of carbonyl (C=O) groups excluding carboxylic acids is 1. The summed E-state index contributed by atoms with van der Waals surface area (Å²) >= 11 is 6.27. The molecular formula is C28H26ClFN2O5. The smallest absolute Gasteiger partial charge is 0.416 e. The van der Waals surface area contributed by atoms with Crippen LogP contribution in [0.1, 0.15) is 29.3 Å². The number of rotatable bonds is 7. The molecule has 0 fully saturated rings. The lowest BCUT2D eigenvalue weighted by Gasteiger charge is -2.35. The molecule has 37 heavy (non-hydrogen) atoms. The zero-order chi connectivity index (χ0) is 25.9. The molecule has 0 saturated heterocycles. The Morgan fingerprint density at radius 2 is 1.84 bits per heavy atom. The van der Waals surface area contributed by atoms with Crippen LogP contribution < -0.4 is 9.47 Å². The van der Waals surface area contributed by atoms with Crippen LogP contribution in [0.3, 0.4) is 0 Å². The maximum atomic E-state index is 13.3. The number of aliphatic hydroxyl groups is 2. The van der Waals surface area contributed by atoms with E-state index in [-0.39, 0.29) is 19.0 Å². The Balaban J connectivity index is 1.46. The van der Waals surface area contributed by atoms with Gasteiger partial charge >= 0.3 is 6.09 Å². The first-order valence-corrected chi connectivity index (χ1v) is 12.4. The summed E-state index contributed by atoms with van der Waals surface area (Å²) in [5, 5.41) is 20.1. The second-order valence-corrected chi connectivity index (χ2v) is 9.35. The molecule has 0 spiro atoms. The van der Waals surface area contributed by atoms with E-state index < -0.39 is 24.1 Å². The van der Waals surface area contributed by atoms with Crippen LogP contribution in [0, 0.1) is 5.82 Å². The van der Waals surface area contributed by atoms with Crippen LogP contribution in [0.5, 0.6) is 11.5 Å². The number of hydrogen-bond acceptors (Lipinski definition) is 5. The van der Waals surface area contributed by atoms with Gasteiger partial charge < -0.3 is 24.7 Å². The fraction of sp³-hybridized carbons (Fsp3) is 0.250. The number of carbonyl (C=O) groups is 1. The molecule has 2 heterocycles. The van der Waals surface area contributed by atoms with E-state index in [1.54, 1.807) is 17.0 Å². The lowest BCUT2D eigenvalue weighted by molar-refractivity contribution is 0.0754. The highest BCUT2D eigenvalue weighted by atomic mass is 35.5. The van der Waals surface area contributed by atoms with Gasteiger partial charge in [0.15, 0.2) is 0 Å². The van der Waals surface area contributed by atoms with E-state index in [0.29, 0.717) is 30.2 Å². The Hall–Kier alpha value is -3.59. The van der Waals surface area contributed by atoms with Gasteiger partial charge in [-0.15, -0.1) is 0 Å². The van der Waals surface area contributed by atoms with Gasteiger partial charge in [0, 0.05) is 34.6 Å². The minimum atomic E-state index is -0.823. The second-order valence-electron chi connectivity index (χ2n) is 8.92. The van der Waals surface area contributed by atoms with Crippen molar-refractivity contribution in [1.82, 2.24) is 9.88 Å². The fourth-order valence-corrected chi connectivity index (χ4v) is 4.79. The van der Waals surface area contributed by atoms with E-state index in [1.165, 1.54) is 24.3 Å². The number of ether oxygens (including phenoxy) is 2. The topological polar surface area (TPSA) is 95.0 Å². The SMILES string of the molecule is O=C(Oc1ccc(F)cc1)N1CCc2c([nH]c3ccc(Cl)cc23)[C@@H]1c1ccc(OCC[C@H](O)CO)cc1. The van der Waals surface area contributed by atoms with E-state index >= 15 is 0 Å². The molecule has 7 nitrogen and oxygen atoms in total. The highest BCUT2D eigenvalue weighted by molar-refractivity contribution is 6.31. The first kappa shape index (κ1) is 25.1. The lowest BCUT2D eigenvalue weighted by Crippen LogP contribution is -2.42. The van der Waals surface area contributed by atoms with Crippen LogP contribution in [-0.4, -0.2) is 52.1 Å². The number of nitrogens with one attached hydrogen (secondary N) is 1. The van der Waals surface area contributed by atoms with Crippen LogP contribution in [0.15, 0.2) is 66.7 Å². The predicted octanol–water partition coefficient (Wildman–Crippen LogP) is 5.23. The molecule has 3 aromatic carbocycles. The van der Waals surface area contributed by atoms with Gasteiger partial charge in [-0.25, -0.2) is 9.18 Å². The van der Waals surface area contributed by atoms with Crippen molar-refractivity contribution in [3.8, 4) is 11.5 Å². The highest BCUT2D eigenvalue weighted by Crippen LogP contribution is 2.40. The zero-order valence-corrected chi connectivity index (χ0v) is 20.6. The molecule has 0 saturated carbocycles. The maximum absolute atomic E-state index is 13.3. The van der Waals surface area contributed by atoms with Crippen molar-refractivity contribution in [2.24, 2.45) is 0 Å². The monoisotopic (exact) mass is 524 g/mol. The normalized spacial score (nSPS) is 15.9. The molecule has 0 radical (unpaired) electrons. The molecule has 9 heteroatoms. The van der Waals surface area contributed by atoms with Gasteiger partial charge in [0.25, 0.3) is 0 Å². The number of fused-ring (bicyclic) bond motifs is 3. The molecule has 1 amide bonds. The average Bonchev–Trinajstić information content (AvgIpc) is 3.27. The number of benzene rings is 3. The van der Waals surface area contributed by atoms with E-state index in [2.05, 4.69) is 4.98 Å². The molecule has 1 aliphatic rings. The van der Waals surface area contributed by atoms with Gasteiger partial charge in [0.2, 0.25) is 0 Å². The second kappa shape index (κ2) is 10.8. The minimum Gasteiger partial charge on any atom is -0.493 e. The van der Waals surface area contributed by atoms with Gasteiger partial charge in [-0.2, -0.15) is 0 Å². The van der Waals surface area contributed by atoms with Crippen molar-refractivity contribution in [3.63, 3.8) is 0 Å². The van der Waals surface area contributed by atoms with E-state index in [9.17, 15) is 14.3 Å². The molecule has 2 atom stereocenters. The Kier molecular flexibility index (Phi) is 7.32. The third-order valence-electron chi connectivity index (χ3n) is 6.47. The van der Waals surface area contributed by atoms with Gasteiger partial charge in [-0.1, -0.05) is 23.7 Å². The first-order chi connectivity index (χ1) is 17.9. The Labute approximate surface area is 218 Å². The molecule has 5 rings (SSSR count). The molecule has 0 aliphatic carbocycles. The Bertz CT molecular complexity index is 1390.